The van der Waals surface area contributed by atoms with Gasteiger partial charge in [0.15, 0.2) is 0 Å². The van der Waals surface area contributed by atoms with Crippen molar-refractivity contribution in [1.82, 2.24) is 4.72 Å². The van der Waals surface area contributed by atoms with E-state index in [9.17, 15) is 31.5 Å². The van der Waals surface area contributed by atoms with E-state index in [0.29, 0.717) is 12.1 Å². The topological polar surface area (TPSA) is 104 Å². The van der Waals surface area contributed by atoms with Crippen LogP contribution in [0, 0.1) is 0 Å². The standard InChI is InChI=1S/C10H10F3NO5S/c1-5(9(16)17)14-20(18,19)8-4-6(10(11,12)13)2-3-7(8)15/h2-5,14-15H,1H3,(H,16,17)/t5-/m0/s1. The molecule has 0 saturated carbocycles. The van der Waals surface area contributed by atoms with E-state index in [4.69, 9.17) is 5.11 Å². The predicted octanol–water partition coefficient (Wildman–Crippen LogP) is 1.16. The number of phenolic OH excluding ortho intramolecular Hbond substituents is 1. The Bertz CT molecular complexity index is 626. The van der Waals surface area contributed by atoms with Crippen molar-refractivity contribution in [3.05, 3.63) is 23.8 Å². The number of rotatable bonds is 4. The third-order valence-corrected chi connectivity index (χ3v) is 3.85. The minimum atomic E-state index is -4.80. The average molecular weight is 313 g/mol. The maximum Gasteiger partial charge on any atom is 0.416 e. The van der Waals surface area contributed by atoms with Crippen molar-refractivity contribution in [3.63, 3.8) is 0 Å². The molecular weight excluding hydrogens is 303 g/mol. The van der Waals surface area contributed by atoms with Crippen molar-refractivity contribution < 1.29 is 36.6 Å². The number of benzene rings is 1. The smallest absolute Gasteiger partial charge is 0.416 e. The molecule has 1 rings (SSSR count). The molecule has 0 bridgehead atoms. The number of carbonyl (C=O) groups is 1. The maximum atomic E-state index is 12.5. The van der Waals surface area contributed by atoms with Gasteiger partial charge in [-0.25, -0.2) is 8.42 Å². The molecule has 0 aliphatic rings. The number of aromatic hydroxyl groups is 1. The van der Waals surface area contributed by atoms with Crippen LogP contribution < -0.4 is 4.72 Å². The molecule has 6 nitrogen and oxygen atoms in total. The van der Waals surface area contributed by atoms with E-state index < -0.39 is 44.4 Å². The quantitative estimate of drug-likeness (QED) is 0.774. The van der Waals surface area contributed by atoms with Gasteiger partial charge < -0.3 is 10.2 Å². The predicted molar refractivity (Wildman–Crippen MR) is 60.5 cm³/mol. The van der Waals surface area contributed by atoms with E-state index in [1.165, 1.54) is 0 Å². The summed E-state index contributed by atoms with van der Waals surface area (Å²) in [5.41, 5.74) is -1.28. The Morgan fingerprint density at radius 2 is 1.90 bits per heavy atom. The Morgan fingerprint density at radius 3 is 2.35 bits per heavy atom. The Labute approximate surface area is 111 Å². The molecule has 0 fully saturated rings. The number of hydrogen-bond acceptors (Lipinski definition) is 4. The van der Waals surface area contributed by atoms with Gasteiger partial charge in [0, 0.05) is 0 Å². The fraction of sp³-hybridized carbons (Fsp3) is 0.300. The van der Waals surface area contributed by atoms with Gasteiger partial charge in [-0.15, -0.1) is 0 Å². The summed E-state index contributed by atoms with van der Waals surface area (Å²) < 4.78 is 62.6. The van der Waals surface area contributed by atoms with Gasteiger partial charge in [-0.2, -0.15) is 17.9 Å². The van der Waals surface area contributed by atoms with E-state index in [1.54, 1.807) is 4.72 Å². The van der Waals surface area contributed by atoms with Crippen molar-refractivity contribution in [2.24, 2.45) is 0 Å². The molecular formula is C10H10F3NO5S. The molecule has 3 N–H and O–H groups in total. The lowest BCUT2D eigenvalue weighted by Gasteiger charge is -2.13. The Morgan fingerprint density at radius 1 is 1.35 bits per heavy atom. The van der Waals surface area contributed by atoms with Crippen LogP contribution in [0.2, 0.25) is 0 Å². The first-order valence-corrected chi connectivity index (χ1v) is 6.59. The van der Waals surface area contributed by atoms with Gasteiger partial charge in [-0.1, -0.05) is 0 Å². The molecule has 0 amide bonds. The van der Waals surface area contributed by atoms with Gasteiger partial charge >= 0.3 is 12.1 Å². The zero-order valence-corrected chi connectivity index (χ0v) is 10.8. The van der Waals surface area contributed by atoms with Gasteiger partial charge in [0.05, 0.1) is 5.56 Å². The number of carboxylic acid groups (broad SMARTS) is 1. The Hall–Kier alpha value is -1.81. The molecule has 0 spiro atoms. The molecule has 0 aliphatic heterocycles. The maximum absolute atomic E-state index is 12.5. The summed E-state index contributed by atoms with van der Waals surface area (Å²) in [6.07, 6.45) is -4.80. The van der Waals surface area contributed by atoms with Crippen LogP contribution in [-0.2, 0) is 21.0 Å². The highest BCUT2D eigenvalue weighted by Gasteiger charge is 2.33. The normalized spacial score (nSPS) is 14.0. The number of sulfonamides is 1. The van der Waals surface area contributed by atoms with Crippen molar-refractivity contribution in [1.29, 1.82) is 0 Å². The Kier molecular flexibility index (Phi) is 4.30. The van der Waals surface area contributed by atoms with Gasteiger partial charge in [-0.3, -0.25) is 4.79 Å². The first kappa shape index (κ1) is 16.2. The number of aliphatic carboxylic acids is 1. The van der Waals surface area contributed by atoms with E-state index >= 15 is 0 Å². The summed E-state index contributed by atoms with van der Waals surface area (Å²) in [5.74, 6) is -2.43. The monoisotopic (exact) mass is 313 g/mol. The van der Waals surface area contributed by atoms with E-state index in [-0.39, 0.29) is 6.07 Å². The molecule has 10 heteroatoms. The van der Waals surface area contributed by atoms with Crippen LogP contribution in [-0.4, -0.2) is 30.6 Å². The van der Waals surface area contributed by atoms with Crippen LogP contribution in [0.15, 0.2) is 23.1 Å². The number of phenols is 1. The minimum absolute atomic E-state index is 0.228. The summed E-state index contributed by atoms with van der Waals surface area (Å²) in [4.78, 5) is 9.51. The van der Waals surface area contributed by atoms with E-state index in [1.807, 2.05) is 0 Å². The highest BCUT2D eigenvalue weighted by Crippen LogP contribution is 2.33. The lowest BCUT2D eigenvalue weighted by Crippen LogP contribution is -2.38. The van der Waals surface area contributed by atoms with Crippen LogP contribution in [0.4, 0.5) is 13.2 Å². The molecule has 0 aliphatic carbocycles. The molecule has 1 aromatic rings. The highest BCUT2D eigenvalue weighted by molar-refractivity contribution is 7.89. The van der Waals surface area contributed by atoms with Crippen molar-refractivity contribution in [2.75, 3.05) is 0 Å². The third kappa shape index (κ3) is 3.61. The number of carboxylic acids is 1. The van der Waals surface area contributed by atoms with Crippen LogP contribution >= 0.6 is 0 Å². The van der Waals surface area contributed by atoms with Crippen molar-refractivity contribution in [3.8, 4) is 5.75 Å². The van der Waals surface area contributed by atoms with Gasteiger partial charge in [-0.05, 0) is 25.1 Å². The van der Waals surface area contributed by atoms with Crippen LogP contribution in [0.25, 0.3) is 0 Å². The largest absolute Gasteiger partial charge is 0.507 e. The molecule has 0 heterocycles. The average Bonchev–Trinajstić information content (AvgIpc) is 2.26. The highest BCUT2D eigenvalue weighted by atomic mass is 32.2. The van der Waals surface area contributed by atoms with Crippen molar-refractivity contribution in [2.45, 2.75) is 24.0 Å². The number of halogens is 3. The molecule has 0 unspecified atom stereocenters. The summed E-state index contributed by atoms with van der Waals surface area (Å²) in [5, 5.41) is 17.9. The second kappa shape index (κ2) is 5.29. The first-order chi connectivity index (χ1) is 8.95. The second-order valence-electron chi connectivity index (χ2n) is 3.86. The van der Waals surface area contributed by atoms with Crippen molar-refractivity contribution >= 4 is 16.0 Å². The summed E-state index contributed by atoms with van der Waals surface area (Å²) in [6.45, 7) is 0.991. The zero-order valence-electron chi connectivity index (χ0n) is 9.97. The Balaban J connectivity index is 3.28. The molecule has 0 aromatic heterocycles. The fourth-order valence-corrected chi connectivity index (χ4v) is 2.57. The van der Waals surface area contributed by atoms with E-state index in [2.05, 4.69) is 0 Å². The van der Waals surface area contributed by atoms with Gasteiger partial charge in [0.2, 0.25) is 10.0 Å². The second-order valence-corrected chi connectivity index (χ2v) is 5.54. The number of alkyl halides is 3. The molecule has 112 valence electrons. The molecule has 1 atom stereocenters. The summed E-state index contributed by atoms with van der Waals surface area (Å²) >= 11 is 0. The summed E-state index contributed by atoms with van der Waals surface area (Å²) in [7, 11) is -4.60. The lowest BCUT2D eigenvalue weighted by atomic mass is 10.2. The molecule has 1 aromatic carbocycles. The van der Waals surface area contributed by atoms with Gasteiger partial charge in [0.1, 0.15) is 16.7 Å². The lowest BCUT2D eigenvalue weighted by molar-refractivity contribution is -0.139. The fourth-order valence-electron chi connectivity index (χ4n) is 1.25. The zero-order chi connectivity index (χ0) is 15.7. The number of nitrogens with one attached hydrogen (secondary N) is 1. The van der Waals surface area contributed by atoms with Gasteiger partial charge in [0.25, 0.3) is 0 Å². The van der Waals surface area contributed by atoms with E-state index in [0.717, 1.165) is 6.92 Å². The van der Waals surface area contributed by atoms with Crippen LogP contribution in [0.1, 0.15) is 12.5 Å². The molecule has 20 heavy (non-hydrogen) atoms. The molecule has 0 radical (unpaired) electrons. The number of hydrogen-bond donors (Lipinski definition) is 3. The van der Waals surface area contributed by atoms with Crippen LogP contribution in [0.5, 0.6) is 5.75 Å². The first-order valence-electron chi connectivity index (χ1n) is 5.10. The third-order valence-electron chi connectivity index (χ3n) is 2.28. The molecule has 0 saturated heterocycles. The summed E-state index contributed by atoms with van der Waals surface area (Å²) in [6, 6.07) is -0.252. The SMILES string of the molecule is C[C@H](NS(=O)(=O)c1cc(C(F)(F)F)ccc1O)C(=O)O. The minimum Gasteiger partial charge on any atom is -0.507 e. The van der Waals surface area contributed by atoms with Crippen LogP contribution in [0.3, 0.4) is 0 Å².